The highest BCUT2D eigenvalue weighted by Gasteiger charge is 2.25. The molecule has 1 aromatic rings. The van der Waals surface area contributed by atoms with Crippen LogP contribution in [-0.2, 0) is 10.0 Å². The quantitative estimate of drug-likeness (QED) is 0.898. The van der Waals surface area contributed by atoms with Crippen molar-refractivity contribution >= 4 is 10.0 Å². The van der Waals surface area contributed by atoms with Gasteiger partial charge in [-0.1, -0.05) is 0 Å². The zero-order valence-electron chi connectivity index (χ0n) is 11.3. The van der Waals surface area contributed by atoms with Crippen molar-refractivity contribution in [2.24, 2.45) is 0 Å². The highest BCUT2D eigenvalue weighted by Crippen LogP contribution is 2.20. The maximum Gasteiger partial charge on any atom is 0.243 e. The van der Waals surface area contributed by atoms with E-state index in [4.69, 9.17) is 4.74 Å². The molecule has 1 fully saturated rings. The molecule has 0 bridgehead atoms. The molecule has 1 N–H and O–H groups in total. The second-order valence-corrected chi connectivity index (χ2v) is 6.73. The number of rotatable bonds is 4. The Labute approximate surface area is 114 Å². The van der Waals surface area contributed by atoms with Crippen molar-refractivity contribution in [1.29, 1.82) is 0 Å². The summed E-state index contributed by atoms with van der Waals surface area (Å²) in [7, 11) is -3.37. The lowest BCUT2D eigenvalue weighted by atomic mass is 10.3. The largest absolute Gasteiger partial charge is 0.491 e. The van der Waals surface area contributed by atoms with E-state index in [1.807, 2.05) is 13.8 Å². The molecule has 1 aliphatic rings. The number of hydrogen-bond donors (Lipinski definition) is 1. The van der Waals surface area contributed by atoms with E-state index in [1.54, 1.807) is 24.3 Å². The lowest BCUT2D eigenvalue weighted by Crippen LogP contribution is -2.46. The molecule has 6 heteroatoms. The van der Waals surface area contributed by atoms with Crippen LogP contribution in [0.3, 0.4) is 0 Å². The molecule has 1 heterocycles. The van der Waals surface area contributed by atoms with E-state index < -0.39 is 10.0 Å². The third-order valence-electron chi connectivity index (χ3n) is 2.91. The van der Waals surface area contributed by atoms with Gasteiger partial charge in [-0.25, -0.2) is 8.42 Å². The van der Waals surface area contributed by atoms with Gasteiger partial charge in [0.1, 0.15) is 5.75 Å². The molecule has 1 aromatic carbocycles. The van der Waals surface area contributed by atoms with Crippen LogP contribution in [0.1, 0.15) is 13.8 Å². The maximum absolute atomic E-state index is 12.4. The molecule has 5 nitrogen and oxygen atoms in total. The smallest absolute Gasteiger partial charge is 0.243 e. The van der Waals surface area contributed by atoms with Crippen LogP contribution in [0.15, 0.2) is 29.2 Å². The fourth-order valence-corrected chi connectivity index (χ4v) is 3.44. The van der Waals surface area contributed by atoms with Crippen molar-refractivity contribution in [3.63, 3.8) is 0 Å². The van der Waals surface area contributed by atoms with E-state index in [1.165, 1.54) is 4.31 Å². The zero-order chi connectivity index (χ0) is 13.9. The molecule has 19 heavy (non-hydrogen) atoms. The first-order valence-corrected chi connectivity index (χ1v) is 7.92. The second kappa shape index (κ2) is 5.90. The Hall–Kier alpha value is -1.11. The molecule has 2 rings (SSSR count). The standard InChI is InChI=1S/C13H20N2O3S/c1-11(2)18-12-3-5-13(6-4-12)19(16,17)15-9-7-14-8-10-15/h3-6,11,14H,7-10H2,1-2H3. The molecule has 0 saturated carbocycles. The van der Waals surface area contributed by atoms with Gasteiger partial charge in [-0.15, -0.1) is 0 Å². The van der Waals surface area contributed by atoms with Crippen molar-refractivity contribution in [1.82, 2.24) is 9.62 Å². The molecule has 0 aliphatic carbocycles. The highest BCUT2D eigenvalue weighted by atomic mass is 32.2. The van der Waals surface area contributed by atoms with Crippen molar-refractivity contribution in [2.45, 2.75) is 24.8 Å². The molecule has 1 aliphatic heterocycles. The van der Waals surface area contributed by atoms with Gasteiger partial charge in [-0.2, -0.15) is 4.31 Å². The molecule has 0 aromatic heterocycles. The van der Waals surface area contributed by atoms with Gasteiger partial charge in [-0.05, 0) is 38.1 Å². The topological polar surface area (TPSA) is 58.6 Å². The minimum atomic E-state index is -3.37. The maximum atomic E-state index is 12.4. The van der Waals surface area contributed by atoms with E-state index in [9.17, 15) is 8.42 Å². The summed E-state index contributed by atoms with van der Waals surface area (Å²) in [6, 6.07) is 6.62. The molecule has 0 spiro atoms. The van der Waals surface area contributed by atoms with E-state index in [0.717, 1.165) is 0 Å². The van der Waals surface area contributed by atoms with Crippen LogP contribution >= 0.6 is 0 Å². The zero-order valence-corrected chi connectivity index (χ0v) is 12.1. The number of sulfonamides is 1. The molecule has 0 atom stereocenters. The fraction of sp³-hybridized carbons (Fsp3) is 0.538. The van der Waals surface area contributed by atoms with Gasteiger partial charge in [-0.3, -0.25) is 0 Å². The number of piperazine rings is 1. The third-order valence-corrected chi connectivity index (χ3v) is 4.82. The Kier molecular flexibility index (Phi) is 4.44. The van der Waals surface area contributed by atoms with Gasteiger partial charge in [0.25, 0.3) is 0 Å². The summed E-state index contributed by atoms with van der Waals surface area (Å²) in [5.41, 5.74) is 0. The first-order valence-electron chi connectivity index (χ1n) is 6.48. The molecular weight excluding hydrogens is 264 g/mol. The summed E-state index contributed by atoms with van der Waals surface area (Å²) < 4.78 is 31.8. The lowest BCUT2D eigenvalue weighted by molar-refractivity contribution is 0.242. The predicted octanol–water partition coefficient (Wildman–Crippen LogP) is 1.07. The van der Waals surface area contributed by atoms with Crippen LogP contribution in [-0.4, -0.2) is 45.0 Å². The van der Waals surface area contributed by atoms with Gasteiger partial charge in [0.05, 0.1) is 11.0 Å². The SMILES string of the molecule is CC(C)Oc1ccc(S(=O)(=O)N2CCNCC2)cc1. The van der Waals surface area contributed by atoms with Gasteiger partial charge >= 0.3 is 0 Å². The number of nitrogens with one attached hydrogen (secondary N) is 1. The van der Waals surface area contributed by atoms with E-state index in [-0.39, 0.29) is 6.10 Å². The molecule has 106 valence electrons. The van der Waals surface area contributed by atoms with Crippen LogP contribution in [0.4, 0.5) is 0 Å². The summed E-state index contributed by atoms with van der Waals surface area (Å²) in [6.45, 7) is 6.32. The minimum absolute atomic E-state index is 0.0793. The van der Waals surface area contributed by atoms with Crippen molar-refractivity contribution < 1.29 is 13.2 Å². The number of nitrogens with zero attached hydrogens (tertiary/aromatic N) is 1. The summed E-state index contributed by atoms with van der Waals surface area (Å²) in [6.07, 6.45) is 0.0793. The third kappa shape index (κ3) is 3.46. The van der Waals surface area contributed by atoms with Crippen LogP contribution in [0, 0.1) is 0 Å². The molecule has 0 radical (unpaired) electrons. The first-order chi connectivity index (χ1) is 9.00. The monoisotopic (exact) mass is 284 g/mol. The van der Waals surface area contributed by atoms with Gasteiger partial charge < -0.3 is 10.1 Å². The van der Waals surface area contributed by atoms with Gasteiger partial charge in [0, 0.05) is 26.2 Å². The average Bonchev–Trinajstić information content (AvgIpc) is 2.40. The van der Waals surface area contributed by atoms with Crippen LogP contribution in [0.2, 0.25) is 0 Å². The van der Waals surface area contributed by atoms with Gasteiger partial charge in [0.2, 0.25) is 10.0 Å². The number of hydrogen-bond acceptors (Lipinski definition) is 4. The number of benzene rings is 1. The Morgan fingerprint density at radius 2 is 1.74 bits per heavy atom. The minimum Gasteiger partial charge on any atom is -0.491 e. The Morgan fingerprint density at radius 3 is 2.26 bits per heavy atom. The van der Waals surface area contributed by atoms with E-state index in [2.05, 4.69) is 5.32 Å². The Balaban J connectivity index is 2.16. The molecule has 1 saturated heterocycles. The highest BCUT2D eigenvalue weighted by molar-refractivity contribution is 7.89. The normalized spacial score (nSPS) is 17.6. The van der Waals surface area contributed by atoms with Crippen molar-refractivity contribution in [3.05, 3.63) is 24.3 Å². The lowest BCUT2D eigenvalue weighted by Gasteiger charge is -2.26. The van der Waals surface area contributed by atoms with Crippen LogP contribution in [0.5, 0.6) is 5.75 Å². The van der Waals surface area contributed by atoms with Crippen LogP contribution < -0.4 is 10.1 Å². The van der Waals surface area contributed by atoms with Crippen molar-refractivity contribution in [2.75, 3.05) is 26.2 Å². The molecule has 0 amide bonds. The second-order valence-electron chi connectivity index (χ2n) is 4.79. The predicted molar refractivity (Wildman–Crippen MR) is 73.8 cm³/mol. The average molecular weight is 284 g/mol. The van der Waals surface area contributed by atoms with E-state index >= 15 is 0 Å². The number of ether oxygens (including phenoxy) is 1. The molecular formula is C13H20N2O3S. The summed E-state index contributed by atoms with van der Waals surface area (Å²) in [5.74, 6) is 0.689. The van der Waals surface area contributed by atoms with Crippen LogP contribution in [0.25, 0.3) is 0 Å². The van der Waals surface area contributed by atoms with Gasteiger partial charge in [0.15, 0.2) is 0 Å². The Bertz CT molecular complexity index is 505. The summed E-state index contributed by atoms with van der Waals surface area (Å²) >= 11 is 0. The summed E-state index contributed by atoms with van der Waals surface area (Å²) in [4.78, 5) is 0.325. The first kappa shape index (κ1) is 14.3. The molecule has 0 unspecified atom stereocenters. The Morgan fingerprint density at radius 1 is 1.16 bits per heavy atom. The fourth-order valence-electron chi connectivity index (χ4n) is 2.00. The van der Waals surface area contributed by atoms with E-state index in [0.29, 0.717) is 36.8 Å². The summed E-state index contributed by atoms with van der Waals surface area (Å²) in [5, 5.41) is 3.14. The van der Waals surface area contributed by atoms with Crippen molar-refractivity contribution in [3.8, 4) is 5.75 Å².